The van der Waals surface area contributed by atoms with Crippen molar-refractivity contribution in [3.8, 4) is 0 Å². The minimum absolute atomic E-state index is 0.142. The number of hydrogen-bond donors (Lipinski definition) is 0. The van der Waals surface area contributed by atoms with Crippen molar-refractivity contribution in [2.45, 2.75) is 37.9 Å². The number of carbonyl (C=O) groups is 1. The van der Waals surface area contributed by atoms with Crippen molar-refractivity contribution in [1.82, 2.24) is 4.90 Å². The zero-order valence-electron chi connectivity index (χ0n) is 6.64. The number of rotatable bonds is 0. The summed E-state index contributed by atoms with van der Waals surface area (Å²) in [6.07, 6.45) is 1.19. The van der Waals surface area contributed by atoms with E-state index in [0.717, 1.165) is 19.4 Å². The fraction of sp³-hybridized carbons (Fsp3) is 0.875. The average Bonchev–Trinajstić information content (AvgIpc) is 2.36. The van der Waals surface area contributed by atoms with Crippen molar-refractivity contribution < 1.29 is 9.18 Å². The topological polar surface area (TPSA) is 20.3 Å². The van der Waals surface area contributed by atoms with Crippen LogP contribution in [0.3, 0.4) is 0 Å². The van der Waals surface area contributed by atoms with Crippen LogP contribution in [0.1, 0.15) is 26.2 Å². The van der Waals surface area contributed by atoms with E-state index >= 15 is 0 Å². The van der Waals surface area contributed by atoms with Crippen molar-refractivity contribution in [2.24, 2.45) is 0 Å². The average molecular weight is 157 g/mol. The summed E-state index contributed by atoms with van der Waals surface area (Å²) in [6.45, 7) is 2.74. The summed E-state index contributed by atoms with van der Waals surface area (Å²) in [4.78, 5) is 12.8. The minimum atomic E-state index is -1.22. The fourth-order valence-corrected chi connectivity index (χ4v) is 2.25. The van der Waals surface area contributed by atoms with E-state index in [-0.39, 0.29) is 11.4 Å². The maximum absolute atomic E-state index is 12.9. The van der Waals surface area contributed by atoms with E-state index < -0.39 is 6.17 Å². The van der Waals surface area contributed by atoms with Crippen molar-refractivity contribution in [3.63, 3.8) is 0 Å². The molecule has 0 N–H and O–H groups in total. The lowest BCUT2D eigenvalue weighted by atomic mass is 9.97. The molecular formula is C8H12FNO. The summed E-state index contributed by atoms with van der Waals surface area (Å²) in [6, 6.07) is 0. The van der Waals surface area contributed by atoms with E-state index in [9.17, 15) is 9.18 Å². The number of fused-ring (bicyclic) bond motifs is 1. The van der Waals surface area contributed by atoms with Crippen molar-refractivity contribution in [1.29, 1.82) is 0 Å². The molecule has 0 aliphatic carbocycles. The van der Waals surface area contributed by atoms with Crippen LogP contribution in [0.2, 0.25) is 0 Å². The maximum atomic E-state index is 12.9. The van der Waals surface area contributed by atoms with Gasteiger partial charge in [-0.2, -0.15) is 0 Å². The van der Waals surface area contributed by atoms with Crippen LogP contribution in [0.4, 0.5) is 4.39 Å². The second-order valence-electron chi connectivity index (χ2n) is 3.76. The van der Waals surface area contributed by atoms with Crippen molar-refractivity contribution in [2.75, 3.05) is 6.54 Å². The van der Waals surface area contributed by atoms with Gasteiger partial charge in [0, 0.05) is 18.5 Å². The van der Waals surface area contributed by atoms with E-state index in [2.05, 4.69) is 0 Å². The molecule has 2 aliphatic heterocycles. The molecule has 0 unspecified atom stereocenters. The van der Waals surface area contributed by atoms with Crippen LogP contribution in [0.15, 0.2) is 0 Å². The Hall–Kier alpha value is -0.600. The Morgan fingerprint density at radius 1 is 1.73 bits per heavy atom. The summed E-state index contributed by atoms with van der Waals surface area (Å²) in [5.74, 6) is -0.287. The molecule has 62 valence electrons. The molecule has 0 aromatic rings. The summed E-state index contributed by atoms with van der Waals surface area (Å²) in [5, 5.41) is 0. The van der Waals surface area contributed by atoms with Crippen molar-refractivity contribution in [3.05, 3.63) is 0 Å². The van der Waals surface area contributed by atoms with Crippen LogP contribution >= 0.6 is 0 Å². The van der Waals surface area contributed by atoms with Gasteiger partial charge in [0.05, 0.1) is 0 Å². The fourth-order valence-electron chi connectivity index (χ4n) is 2.25. The summed E-state index contributed by atoms with van der Waals surface area (Å²) < 4.78 is 12.9. The van der Waals surface area contributed by atoms with E-state index in [1.165, 1.54) is 0 Å². The van der Waals surface area contributed by atoms with Gasteiger partial charge >= 0.3 is 0 Å². The number of nitrogens with zero attached hydrogens (tertiary/aromatic N) is 1. The first-order chi connectivity index (χ1) is 5.13. The van der Waals surface area contributed by atoms with Gasteiger partial charge in [-0.3, -0.25) is 4.79 Å². The molecule has 2 aliphatic rings. The molecule has 2 rings (SSSR count). The minimum Gasteiger partial charge on any atom is -0.335 e. The largest absolute Gasteiger partial charge is 0.335 e. The highest BCUT2D eigenvalue weighted by molar-refractivity contribution is 5.84. The number of carbonyl (C=O) groups excluding carboxylic acids is 1. The molecule has 2 fully saturated rings. The summed E-state index contributed by atoms with van der Waals surface area (Å²) in [7, 11) is 0. The predicted molar refractivity (Wildman–Crippen MR) is 38.9 cm³/mol. The Morgan fingerprint density at radius 2 is 2.45 bits per heavy atom. The molecule has 11 heavy (non-hydrogen) atoms. The highest BCUT2D eigenvalue weighted by Gasteiger charge is 2.50. The zero-order valence-corrected chi connectivity index (χ0v) is 6.64. The van der Waals surface area contributed by atoms with Gasteiger partial charge in [0.15, 0.2) is 6.17 Å². The van der Waals surface area contributed by atoms with Crippen molar-refractivity contribution >= 4 is 5.91 Å². The van der Waals surface area contributed by atoms with E-state index in [0.29, 0.717) is 6.42 Å². The first-order valence-electron chi connectivity index (χ1n) is 4.09. The van der Waals surface area contributed by atoms with E-state index in [1.807, 2.05) is 6.92 Å². The Morgan fingerprint density at radius 3 is 3.09 bits per heavy atom. The molecule has 3 heteroatoms. The Kier molecular flexibility index (Phi) is 1.26. The van der Waals surface area contributed by atoms with Gasteiger partial charge in [0.2, 0.25) is 0 Å². The number of alkyl halides is 1. The lowest BCUT2D eigenvalue weighted by Gasteiger charge is -2.26. The molecule has 0 saturated carbocycles. The van der Waals surface area contributed by atoms with Gasteiger partial charge in [0.1, 0.15) is 0 Å². The van der Waals surface area contributed by atoms with Gasteiger partial charge in [-0.25, -0.2) is 4.39 Å². The molecular weight excluding hydrogens is 145 g/mol. The second-order valence-corrected chi connectivity index (χ2v) is 3.76. The molecule has 0 spiro atoms. The SMILES string of the molecule is C[C@@]12CCCN1C(=O)[C@H](F)C2. The van der Waals surface area contributed by atoms with Gasteiger partial charge < -0.3 is 4.90 Å². The second kappa shape index (κ2) is 1.96. The highest BCUT2D eigenvalue weighted by Crippen LogP contribution is 2.40. The Bertz CT molecular complexity index is 206. The summed E-state index contributed by atoms with van der Waals surface area (Å²) in [5.41, 5.74) is -0.142. The quantitative estimate of drug-likeness (QED) is 0.515. The molecule has 0 aromatic carbocycles. The third-order valence-corrected chi connectivity index (χ3v) is 2.90. The molecule has 1 amide bonds. The van der Waals surface area contributed by atoms with Gasteiger partial charge in [-0.05, 0) is 19.8 Å². The molecule has 2 atom stereocenters. The van der Waals surface area contributed by atoms with Gasteiger partial charge in [-0.15, -0.1) is 0 Å². The zero-order chi connectivity index (χ0) is 8.06. The van der Waals surface area contributed by atoms with Crippen LogP contribution in [0.5, 0.6) is 0 Å². The first kappa shape index (κ1) is 7.07. The summed E-state index contributed by atoms with van der Waals surface area (Å²) >= 11 is 0. The van der Waals surface area contributed by atoms with Crippen LogP contribution in [-0.4, -0.2) is 29.1 Å². The van der Waals surface area contributed by atoms with Crippen LogP contribution in [0, 0.1) is 0 Å². The Balaban J connectivity index is 2.28. The monoisotopic (exact) mass is 157 g/mol. The smallest absolute Gasteiger partial charge is 0.257 e. The van der Waals surface area contributed by atoms with Gasteiger partial charge in [0.25, 0.3) is 5.91 Å². The first-order valence-corrected chi connectivity index (χ1v) is 4.09. The van der Waals surface area contributed by atoms with E-state index in [4.69, 9.17) is 0 Å². The third-order valence-electron chi connectivity index (χ3n) is 2.90. The number of amides is 1. The van der Waals surface area contributed by atoms with E-state index in [1.54, 1.807) is 4.90 Å². The third kappa shape index (κ3) is 0.798. The standard InChI is InChI=1S/C8H12FNO/c1-8-3-2-4-10(8)7(11)6(9)5-8/h6H,2-5H2,1H3/t6-,8+/m1/s1. The molecule has 2 saturated heterocycles. The maximum Gasteiger partial charge on any atom is 0.257 e. The number of hydrogen-bond acceptors (Lipinski definition) is 1. The van der Waals surface area contributed by atoms with Gasteiger partial charge in [-0.1, -0.05) is 0 Å². The molecule has 0 bridgehead atoms. The molecule has 2 heterocycles. The van der Waals surface area contributed by atoms with Crippen LogP contribution in [-0.2, 0) is 4.79 Å². The Labute approximate surface area is 65.4 Å². The molecule has 0 radical (unpaired) electrons. The number of halogens is 1. The predicted octanol–water partition coefficient (Wildman–Crippen LogP) is 1.11. The lowest BCUT2D eigenvalue weighted by molar-refractivity contribution is -0.132. The normalized spacial score (nSPS) is 43.3. The highest BCUT2D eigenvalue weighted by atomic mass is 19.1. The molecule has 2 nitrogen and oxygen atoms in total. The van der Waals surface area contributed by atoms with Crippen LogP contribution < -0.4 is 0 Å². The molecule has 0 aromatic heterocycles. The lowest BCUT2D eigenvalue weighted by Crippen LogP contribution is -2.37. The van der Waals surface area contributed by atoms with Crippen LogP contribution in [0.25, 0.3) is 0 Å².